The number of guanidine groups is 1. The zero-order chi connectivity index (χ0) is 23.6. The van der Waals surface area contributed by atoms with Crippen molar-refractivity contribution in [3.63, 3.8) is 0 Å². The molecule has 0 saturated carbocycles. The van der Waals surface area contributed by atoms with Crippen molar-refractivity contribution in [1.29, 1.82) is 0 Å². The summed E-state index contributed by atoms with van der Waals surface area (Å²) >= 11 is 0. The van der Waals surface area contributed by atoms with Gasteiger partial charge in [0.25, 0.3) is 5.69 Å². The summed E-state index contributed by atoms with van der Waals surface area (Å²) in [4.78, 5) is 39.1. The fraction of sp³-hybridized carbons (Fsp3) is 0.286. The maximum absolute atomic E-state index is 12.5. The molecule has 4 N–H and O–H groups in total. The van der Waals surface area contributed by atoms with E-state index in [0.717, 1.165) is 4.90 Å². The van der Waals surface area contributed by atoms with E-state index in [0.29, 0.717) is 16.8 Å². The number of nitro groups is 1. The van der Waals surface area contributed by atoms with Gasteiger partial charge in [-0.1, -0.05) is 18.2 Å². The lowest BCUT2D eigenvalue weighted by molar-refractivity contribution is -0.384. The Balaban J connectivity index is 1.95. The van der Waals surface area contributed by atoms with Crippen LogP contribution in [-0.4, -0.2) is 45.0 Å². The topological polar surface area (TPSA) is 157 Å². The maximum Gasteiger partial charge on any atom is 0.434 e. The Morgan fingerprint density at radius 2 is 2.06 bits per heavy atom. The SMILES string of the molecule is CC(O)c1ccc(Nc2cccc([C@]3(C)CC(=O)N(C)/C(=N/C(=O)O)N3)c2)c([N+](=O)[O-])c1. The highest BCUT2D eigenvalue weighted by molar-refractivity contribution is 6.03. The number of anilines is 2. The van der Waals surface area contributed by atoms with Gasteiger partial charge >= 0.3 is 6.09 Å². The van der Waals surface area contributed by atoms with Crippen LogP contribution in [0.15, 0.2) is 47.5 Å². The number of amides is 2. The standard InChI is InChI=1S/C21H23N5O6/c1-12(27)13-7-8-16(17(9-13)26(31)32)22-15-6-4-5-14(10-15)21(2)11-18(28)25(3)19(24-21)23-20(29)30/h4-10,12,22,27H,11H2,1-3H3,(H,23,24)(H,29,30)/t12?,21-/m0/s1. The predicted octanol–water partition coefficient (Wildman–Crippen LogP) is 3.09. The van der Waals surface area contributed by atoms with Crippen molar-refractivity contribution in [2.75, 3.05) is 12.4 Å². The van der Waals surface area contributed by atoms with Crippen LogP contribution in [0.25, 0.3) is 0 Å². The summed E-state index contributed by atoms with van der Waals surface area (Å²) in [7, 11) is 1.44. The van der Waals surface area contributed by atoms with Gasteiger partial charge in [0, 0.05) is 18.8 Å². The minimum Gasteiger partial charge on any atom is -0.463 e. The molecule has 3 rings (SSSR count). The molecule has 0 aromatic heterocycles. The number of nitrogens with zero attached hydrogens (tertiary/aromatic N) is 3. The van der Waals surface area contributed by atoms with Gasteiger partial charge in [-0.2, -0.15) is 0 Å². The van der Waals surface area contributed by atoms with Gasteiger partial charge in [0.1, 0.15) is 5.69 Å². The number of carbonyl (C=O) groups excluding carboxylic acids is 1. The molecule has 1 saturated heterocycles. The number of benzene rings is 2. The van der Waals surface area contributed by atoms with E-state index in [-0.39, 0.29) is 29.7 Å². The number of aliphatic hydroxyl groups excluding tert-OH is 1. The highest BCUT2D eigenvalue weighted by atomic mass is 16.6. The van der Waals surface area contributed by atoms with Gasteiger partial charge in [-0.3, -0.25) is 19.8 Å². The summed E-state index contributed by atoms with van der Waals surface area (Å²) in [6.07, 6.45) is -2.23. The van der Waals surface area contributed by atoms with Crippen molar-refractivity contribution in [2.45, 2.75) is 31.9 Å². The van der Waals surface area contributed by atoms with Crippen LogP contribution in [-0.2, 0) is 10.3 Å². The lowest BCUT2D eigenvalue weighted by atomic mass is 9.86. The number of aliphatic hydroxyl groups is 1. The van der Waals surface area contributed by atoms with Crippen LogP contribution in [0.1, 0.15) is 37.5 Å². The molecule has 0 aliphatic carbocycles. The first-order chi connectivity index (χ1) is 15.0. The number of nitro benzene ring substituents is 1. The van der Waals surface area contributed by atoms with Crippen LogP contribution >= 0.6 is 0 Å². The first-order valence-electron chi connectivity index (χ1n) is 9.70. The number of aliphatic imine (C=N–C) groups is 1. The van der Waals surface area contributed by atoms with Gasteiger partial charge in [0.2, 0.25) is 11.9 Å². The van der Waals surface area contributed by atoms with Crippen LogP contribution in [0.2, 0.25) is 0 Å². The molecule has 2 aromatic carbocycles. The summed E-state index contributed by atoms with van der Waals surface area (Å²) in [5.41, 5.74) is 0.706. The van der Waals surface area contributed by atoms with E-state index >= 15 is 0 Å². The Labute approximate surface area is 183 Å². The molecule has 32 heavy (non-hydrogen) atoms. The molecule has 1 heterocycles. The van der Waals surface area contributed by atoms with E-state index in [1.54, 1.807) is 37.3 Å². The van der Waals surface area contributed by atoms with Crippen molar-refractivity contribution >= 4 is 35.0 Å². The molecule has 2 atom stereocenters. The van der Waals surface area contributed by atoms with E-state index in [2.05, 4.69) is 15.6 Å². The first kappa shape index (κ1) is 22.7. The zero-order valence-electron chi connectivity index (χ0n) is 17.7. The largest absolute Gasteiger partial charge is 0.463 e. The fourth-order valence-corrected chi connectivity index (χ4v) is 3.44. The Morgan fingerprint density at radius 1 is 1.34 bits per heavy atom. The average Bonchev–Trinajstić information content (AvgIpc) is 2.71. The van der Waals surface area contributed by atoms with Crippen LogP contribution in [0, 0.1) is 10.1 Å². The van der Waals surface area contributed by atoms with Crippen molar-refractivity contribution < 1.29 is 24.7 Å². The van der Waals surface area contributed by atoms with E-state index in [1.807, 2.05) is 0 Å². The van der Waals surface area contributed by atoms with Gasteiger partial charge < -0.3 is 20.8 Å². The molecule has 0 radical (unpaired) electrons. The van der Waals surface area contributed by atoms with Gasteiger partial charge in [-0.25, -0.2) is 4.79 Å². The quantitative estimate of drug-likeness (QED) is 0.407. The third-order valence-corrected chi connectivity index (χ3v) is 5.27. The van der Waals surface area contributed by atoms with E-state index in [9.17, 15) is 24.8 Å². The number of nitrogens with one attached hydrogen (secondary N) is 2. The van der Waals surface area contributed by atoms with Crippen LogP contribution in [0.3, 0.4) is 0 Å². The van der Waals surface area contributed by atoms with Crippen molar-refractivity contribution in [1.82, 2.24) is 10.2 Å². The molecule has 1 aliphatic heterocycles. The second kappa shape index (κ2) is 8.63. The zero-order valence-corrected chi connectivity index (χ0v) is 17.7. The second-order valence-electron chi connectivity index (χ2n) is 7.72. The molecule has 2 amide bonds. The lowest BCUT2D eigenvalue weighted by Gasteiger charge is -2.40. The second-order valence-corrected chi connectivity index (χ2v) is 7.72. The first-order valence-corrected chi connectivity index (χ1v) is 9.70. The Bertz CT molecular complexity index is 1120. The van der Waals surface area contributed by atoms with Gasteiger partial charge in [0.15, 0.2) is 0 Å². The summed E-state index contributed by atoms with van der Waals surface area (Å²) in [5, 5.41) is 36.2. The van der Waals surface area contributed by atoms with Crippen LogP contribution in [0.5, 0.6) is 0 Å². The summed E-state index contributed by atoms with van der Waals surface area (Å²) in [6.45, 7) is 3.27. The molecule has 0 bridgehead atoms. The number of hydrogen-bond donors (Lipinski definition) is 4. The molecular weight excluding hydrogens is 418 g/mol. The molecule has 11 nitrogen and oxygen atoms in total. The van der Waals surface area contributed by atoms with Crippen LogP contribution in [0.4, 0.5) is 21.9 Å². The lowest BCUT2D eigenvalue weighted by Crippen LogP contribution is -2.58. The number of rotatable bonds is 5. The third-order valence-electron chi connectivity index (χ3n) is 5.27. The number of carbonyl (C=O) groups is 2. The molecule has 1 unspecified atom stereocenters. The predicted molar refractivity (Wildman–Crippen MR) is 117 cm³/mol. The molecule has 168 valence electrons. The van der Waals surface area contributed by atoms with Gasteiger partial charge in [0.05, 0.1) is 23.0 Å². The molecule has 2 aromatic rings. The fourth-order valence-electron chi connectivity index (χ4n) is 3.44. The van der Waals surface area contributed by atoms with E-state index in [4.69, 9.17) is 5.11 Å². The van der Waals surface area contributed by atoms with Crippen LogP contribution < -0.4 is 10.6 Å². The van der Waals surface area contributed by atoms with E-state index < -0.39 is 22.7 Å². The monoisotopic (exact) mass is 441 g/mol. The molecule has 0 spiro atoms. The summed E-state index contributed by atoms with van der Waals surface area (Å²) < 4.78 is 0. The molecule has 1 aliphatic rings. The van der Waals surface area contributed by atoms with Crippen molar-refractivity contribution in [3.8, 4) is 0 Å². The maximum atomic E-state index is 12.5. The number of carboxylic acid groups (broad SMARTS) is 1. The number of hydrogen-bond acceptors (Lipinski definition) is 6. The average molecular weight is 441 g/mol. The normalized spacial score (nSPS) is 20.6. The van der Waals surface area contributed by atoms with Crippen molar-refractivity contribution in [2.24, 2.45) is 4.99 Å². The Hall–Kier alpha value is -3.99. The summed E-state index contributed by atoms with van der Waals surface area (Å²) in [5.74, 6) is -0.395. The molecule has 1 fully saturated rings. The molecular formula is C21H23N5O6. The van der Waals surface area contributed by atoms with Gasteiger partial charge in [-0.05, 0) is 43.2 Å². The van der Waals surface area contributed by atoms with Crippen molar-refractivity contribution in [3.05, 3.63) is 63.7 Å². The summed E-state index contributed by atoms with van der Waals surface area (Å²) in [6, 6.07) is 11.3. The minimum absolute atomic E-state index is 0.0504. The molecule has 11 heteroatoms. The highest BCUT2D eigenvalue weighted by Crippen LogP contribution is 2.34. The minimum atomic E-state index is -1.43. The highest BCUT2D eigenvalue weighted by Gasteiger charge is 2.39. The van der Waals surface area contributed by atoms with E-state index in [1.165, 1.54) is 26.1 Å². The smallest absolute Gasteiger partial charge is 0.434 e. The van der Waals surface area contributed by atoms with Gasteiger partial charge in [-0.15, -0.1) is 4.99 Å². The third kappa shape index (κ3) is 4.67. The Kier molecular flexibility index (Phi) is 6.12. The Morgan fingerprint density at radius 3 is 2.69 bits per heavy atom.